The molecule has 0 aromatic heterocycles. The number of nitrogens with one attached hydrogen (secondary N) is 1. The van der Waals surface area contributed by atoms with Gasteiger partial charge in [-0.2, -0.15) is 0 Å². The number of ether oxygens (including phenoxy) is 1. The van der Waals surface area contributed by atoms with E-state index in [1.807, 2.05) is 0 Å². The fourth-order valence-corrected chi connectivity index (χ4v) is 4.89. The molecule has 0 saturated heterocycles. The molecule has 2 atom stereocenters. The summed E-state index contributed by atoms with van der Waals surface area (Å²) >= 11 is 3.60. The summed E-state index contributed by atoms with van der Waals surface area (Å²) in [4.78, 5) is 0. The SMILES string of the molecule is CCOC1CC(Nc2cc(C)cc(Br)c2)C12CCCCC2. The van der Waals surface area contributed by atoms with E-state index in [9.17, 15) is 0 Å². The van der Waals surface area contributed by atoms with Crippen molar-refractivity contribution < 1.29 is 4.74 Å². The predicted molar refractivity (Wildman–Crippen MR) is 91.8 cm³/mol. The van der Waals surface area contributed by atoms with Gasteiger partial charge in [0, 0.05) is 28.2 Å². The number of anilines is 1. The first-order valence-corrected chi connectivity index (χ1v) is 9.09. The Labute approximate surface area is 136 Å². The Morgan fingerprint density at radius 2 is 2.00 bits per heavy atom. The maximum Gasteiger partial charge on any atom is 0.0670 e. The van der Waals surface area contributed by atoms with Gasteiger partial charge in [0.15, 0.2) is 0 Å². The Bertz CT molecular complexity index is 476. The monoisotopic (exact) mass is 351 g/mol. The van der Waals surface area contributed by atoms with E-state index < -0.39 is 0 Å². The normalized spacial score (nSPS) is 27.4. The summed E-state index contributed by atoms with van der Waals surface area (Å²) in [6.45, 7) is 5.11. The number of halogens is 1. The Morgan fingerprint density at radius 1 is 1.24 bits per heavy atom. The van der Waals surface area contributed by atoms with Crippen LogP contribution in [-0.4, -0.2) is 18.8 Å². The predicted octanol–water partition coefficient (Wildman–Crippen LogP) is 5.30. The number of rotatable bonds is 4. The van der Waals surface area contributed by atoms with Crippen LogP contribution in [0.4, 0.5) is 5.69 Å². The lowest BCUT2D eigenvalue weighted by atomic mass is 9.55. The molecule has 2 aliphatic rings. The largest absolute Gasteiger partial charge is 0.382 e. The van der Waals surface area contributed by atoms with Gasteiger partial charge >= 0.3 is 0 Å². The minimum Gasteiger partial charge on any atom is -0.382 e. The van der Waals surface area contributed by atoms with E-state index in [-0.39, 0.29) is 0 Å². The van der Waals surface area contributed by atoms with E-state index in [0.717, 1.165) is 17.5 Å². The number of hydrogen-bond acceptors (Lipinski definition) is 2. The van der Waals surface area contributed by atoms with Crippen LogP contribution in [0.3, 0.4) is 0 Å². The molecular weight excluding hydrogens is 326 g/mol. The molecule has 0 amide bonds. The zero-order chi connectivity index (χ0) is 14.9. The first kappa shape index (κ1) is 15.4. The summed E-state index contributed by atoms with van der Waals surface area (Å²) in [7, 11) is 0. The molecule has 2 saturated carbocycles. The first-order chi connectivity index (χ1) is 10.1. The van der Waals surface area contributed by atoms with Crippen LogP contribution in [0.15, 0.2) is 22.7 Å². The third kappa shape index (κ3) is 3.00. The minimum absolute atomic E-state index is 0.379. The van der Waals surface area contributed by atoms with Gasteiger partial charge in [-0.15, -0.1) is 0 Å². The average Bonchev–Trinajstić information content (AvgIpc) is 2.46. The average molecular weight is 352 g/mol. The molecule has 3 heteroatoms. The molecule has 21 heavy (non-hydrogen) atoms. The Hall–Kier alpha value is -0.540. The van der Waals surface area contributed by atoms with Gasteiger partial charge in [-0.25, -0.2) is 0 Å². The zero-order valence-electron chi connectivity index (χ0n) is 13.1. The Kier molecular flexibility index (Phi) is 4.60. The molecule has 1 N–H and O–H groups in total. The lowest BCUT2D eigenvalue weighted by Gasteiger charge is -2.58. The maximum atomic E-state index is 6.04. The summed E-state index contributed by atoms with van der Waals surface area (Å²) in [6, 6.07) is 7.17. The molecule has 3 rings (SSSR count). The van der Waals surface area contributed by atoms with Crippen molar-refractivity contribution in [3.8, 4) is 0 Å². The van der Waals surface area contributed by atoms with Crippen LogP contribution in [0, 0.1) is 12.3 Å². The van der Waals surface area contributed by atoms with E-state index in [0.29, 0.717) is 17.6 Å². The second-order valence-electron chi connectivity index (χ2n) is 6.69. The summed E-state index contributed by atoms with van der Waals surface area (Å²) in [6.07, 6.45) is 8.37. The third-order valence-corrected chi connectivity index (χ3v) is 5.78. The highest BCUT2D eigenvalue weighted by Gasteiger charge is 2.55. The second-order valence-corrected chi connectivity index (χ2v) is 7.60. The van der Waals surface area contributed by atoms with Crippen LogP contribution < -0.4 is 5.32 Å². The van der Waals surface area contributed by atoms with Crippen LogP contribution in [0.2, 0.25) is 0 Å². The number of benzene rings is 1. The highest BCUT2D eigenvalue weighted by atomic mass is 79.9. The van der Waals surface area contributed by atoms with Crippen LogP contribution >= 0.6 is 15.9 Å². The number of aryl methyl sites for hydroxylation is 1. The van der Waals surface area contributed by atoms with Gasteiger partial charge in [0.25, 0.3) is 0 Å². The molecule has 2 aliphatic carbocycles. The standard InChI is InChI=1S/C18H26BrNO/c1-3-21-17-12-16(18(17)7-5-4-6-8-18)20-15-10-13(2)9-14(19)11-15/h9-11,16-17,20H,3-8,12H2,1-2H3. The quantitative estimate of drug-likeness (QED) is 0.794. The lowest BCUT2D eigenvalue weighted by Crippen LogP contribution is -2.62. The molecule has 2 unspecified atom stereocenters. The van der Waals surface area contributed by atoms with Gasteiger partial charge in [0.05, 0.1) is 6.10 Å². The fraction of sp³-hybridized carbons (Fsp3) is 0.667. The molecule has 1 spiro atoms. The molecule has 2 nitrogen and oxygen atoms in total. The van der Waals surface area contributed by atoms with Gasteiger partial charge in [0.1, 0.15) is 0 Å². The molecule has 0 radical (unpaired) electrons. The van der Waals surface area contributed by atoms with Gasteiger partial charge in [-0.1, -0.05) is 35.2 Å². The lowest BCUT2D eigenvalue weighted by molar-refractivity contribution is -0.134. The molecule has 0 heterocycles. The molecule has 116 valence electrons. The second kappa shape index (κ2) is 6.29. The van der Waals surface area contributed by atoms with Crippen molar-refractivity contribution in [1.82, 2.24) is 0 Å². The smallest absolute Gasteiger partial charge is 0.0670 e. The van der Waals surface area contributed by atoms with Crippen LogP contribution in [-0.2, 0) is 4.74 Å². The highest BCUT2D eigenvalue weighted by Crippen LogP contribution is 2.54. The van der Waals surface area contributed by atoms with Crippen molar-refractivity contribution in [2.75, 3.05) is 11.9 Å². The van der Waals surface area contributed by atoms with Gasteiger partial charge in [-0.3, -0.25) is 0 Å². The van der Waals surface area contributed by atoms with Crippen molar-refractivity contribution >= 4 is 21.6 Å². The topological polar surface area (TPSA) is 21.3 Å². The Balaban J connectivity index is 1.75. The van der Waals surface area contributed by atoms with Gasteiger partial charge in [0.2, 0.25) is 0 Å². The maximum absolute atomic E-state index is 6.04. The van der Waals surface area contributed by atoms with Crippen molar-refractivity contribution in [2.24, 2.45) is 5.41 Å². The van der Waals surface area contributed by atoms with Crippen LogP contribution in [0.25, 0.3) is 0 Å². The molecule has 1 aromatic rings. The van der Waals surface area contributed by atoms with E-state index in [2.05, 4.69) is 53.3 Å². The van der Waals surface area contributed by atoms with Crippen molar-refractivity contribution in [2.45, 2.75) is 64.5 Å². The molecular formula is C18H26BrNO. The molecule has 2 fully saturated rings. The molecule has 0 bridgehead atoms. The summed E-state index contributed by atoms with van der Waals surface area (Å²) < 4.78 is 7.19. The van der Waals surface area contributed by atoms with E-state index >= 15 is 0 Å². The summed E-state index contributed by atoms with van der Waals surface area (Å²) in [5.41, 5.74) is 2.92. The van der Waals surface area contributed by atoms with Crippen molar-refractivity contribution in [3.63, 3.8) is 0 Å². The van der Waals surface area contributed by atoms with E-state index in [1.54, 1.807) is 0 Å². The van der Waals surface area contributed by atoms with E-state index in [1.165, 1.54) is 43.4 Å². The summed E-state index contributed by atoms with van der Waals surface area (Å²) in [5, 5.41) is 3.80. The highest BCUT2D eigenvalue weighted by molar-refractivity contribution is 9.10. The van der Waals surface area contributed by atoms with Gasteiger partial charge in [-0.05, 0) is 56.9 Å². The zero-order valence-corrected chi connectivity index (χ0v) is 14.7. The van der Waals surface area contributed by atoms with Crippen molar-refractivity contribution in [1.29, 1.82) is 0 Å². The minimum atomic E-state index is 0.379. The molecule has 1 aromatic carbocycles. The summed E-state index contributed by atoms with van der Waals surface area (Å²) in [5.74, 6) is 0. The van der Waals surface area contributed by atoms with E-state index in [4.69, 9.17) is 4.74 Å². The number of hydrogen-bond donors (Lipinski definition) is 1. The molecule has 0 aliphatic heterocycles. The first-order valence-electron chi connectivity index (χ1n) is 8.29. The van der Waals surface area contributed by atoms with Crippen LogP contribution in [0.5, 0.6) is 0 Å². The third-order valence-electron chi connectivity index (χ3n) is 5.32. The van der Waals surface area contributed by atoms with Gasteiger partial charge < -0.3 is 10.1 Å². The van der Waals surface area contributed by atoms with Crippen molar-refractivity contribution in [3.05, 3.63) is 28.2 Å². The Morgan fingerprint density at radius 3 is 2.67 bits per heavy atom. The van der Waals surface area contributed by atoms with Crippen LogP contribution in [0.1, 0.15) is 51.0 Å². The fourth-order valence-electron chi connectivity index (χ4n) is 4.29.